The number of rotatable bonds is 5. The van der Waals surface area contributed by atoms with E-state index in [2.05, 4.69) is 38.2 Å². The van der Waals surface area contributed by atoms with Crippen molar-refractivity contribution in [3.63, 3.8) is 0 Å². The Bertz CT molecular complexity index is 515. The lowest BCUT2D eigenvalue weighted by molar-refractivity contribution is -0.103. The zero-order valence-electron chi connectivity index (χ0n) is 17.0. The molecule has 0 aliphatic rings. The second-order valence-corrected chi connectivity index (χ2v) is 4.88. The van der Waals surface area contributed by atoms with E-state index in [9.17, 15) is 0 Å². The first-order valence-electron chi connectivity index (χ1n) is 8.02. The molecule has 1 aromatic rings. The standard InChI is InChI=1S/C15H25N3O.C2H6.2CH2O/c1-10-7-8-11(2)15(12(10)3)9-17-13(4)14(5)18(16)19-6;3*1-2/h7-8,17H,9,16H2,1-6H3;1-2H3;2*1H2/b14-13-;;;. The third-order valence-electron chi connectivity index (χ3n) is 3.70. The van der Waals surface area contributed by atoms with E-state index in [0.29, 0.717) is 0 Å². The van der Waals surface area contributed by atoms with Gasteiger partial charge in [-0.2, -0.15) is 5.17 Å². The Kier molecular flexibility index (Phi) is 18.4. The molecule has 0 bridgehead atoms. The largest absolute Gasteiger partial charge is 0.383 e. The first-order chi connectivity index (χ1) is 11.9. The zero-order valence-corrected chi connectivity index (χ0v) is 17.0. The first-order valence-corrected chi connectivity index (χ1v) is 8.02. The molecule has 3 N–H and O–H groups in total. The van der Waals surface area contributed by atoms with Gasteiger partial charge in [-0.1, -0.05) is 26.0 Å². The van der Waals surface area contributed by atoms with Gasteiger partial charge in [0.2, 0.25) is 0 Å². The Balaban J connectivity index is -0.000000725. The molecule has 0 atom stereocenters. The van der Waals surface area contributed by atoms with Crippen LogP contribution in [-0.2, 0) is 21.0 Å². The first kappa shape index (κ1) is 27.7. The molecule has 1 rings (SSSR count). The van der Waals surface area contributed by atoms with Crippen molar-refractivity contribution in [2.75, 3.05) is 7.11 Å². The molecule has 0 heterocycles. The van der Waals surface area contributed by atoms with Crippen LogP contribution in [0.2, 0.25) is 0 Å². The number of carbonyl (C=O) groups excluding carboxylic acids is 2. The number of nitrogens with one attached hydrogen (secondary N) is 1. The SMILES string of the molecule is C=O.C=O.CC.CON(N)/C(C)=C(/C)NCc1c(C)ccc(C)c1C. The van der Waals surface area contributed by atoms with Gasteiger partial charge < -0.3 is 14.9 Å². The molecule has 0 unspecified atom stereocenters. The molecular formula is C19H35N3O3. The van der Waals surface area contributed by atoms with Crippen molar-refractivity contribution < 1.29 is 14.4 Å². The number of benzene rings is 1. The fraction of sp³-hybridized carbons (Fsp3) is 0.474. The number of hydroxylamine groups is 1. The van der Waals surface area contributed by atoms with E-state index in [0.717, 1.165) is 17.9 Å². The molecule has 25 heavy (non-hydrogen) atoms. The van der Waals surface area contributed by atoms with Crippen LogP contribution in [0.4, 0.5) is 0 Å². The molecule has 0 spiro atoms. The number of hydrogen-bond donors (Lipinski definition) is 2. The number of nitrogens with zero attached hydrogens (tertiary/aromatic N) is 1. The fourth-order valence-electron chi connectivity index (χ4n) is 1.93. The second-order valence-electron chi connectivity index (χ2n) is 4.88. The minimum atomic E-state index is 0.792. The van der Waals surface area contributed by atoms with Crippen LogP contribution in [-0.4, -0.2) is 25.9 Å². The van der Waals surface area contributed by atoms with Crippen LogP contribution >= 0.6 is 0 Å². The Hall–Kier alpha value is -2.18. The topological polar surface area (TPSA) is 84.7 Å². The Labute approximate surface area is 153 Å². The number of hydrazine groups is 1. The minimum absolute atomic E-state index is 0.792. The number of aryl methyl sites for hydroxylation is 2. The lowest BCUT2D eigenvalue weighted by atomic mass is 9.98. The lowest BCUT2D eigenvalue weighted by Gasteiger charge is -2.20. The van der Waals surface area contributed by atoms with Gasteiger partial charge >= 0.3 is 0 Å². The molecule has 0 saturated heterocycles. The molecule has 0 saturated carbocycles. The highest BCUT2D eigenvalue weighted by molar-refractivity contribution is 5.39. The predicted molar refractivity (Wildman–Crippen MR) is 104 cm³/mol. The Morgan fingerprint density at radius 2 is 1.52 bits per heavy atom. The average molecular weight is 354 g/mol. The molecule has 6 nitrogen and oxygen atoms in total. The van der Waals surface area contributed by atoms with Crippen molar-refractivity contribution >= 4 is 13.6 Å². The van der Waals surface area contributed by atoms with Crippen molar-refractivity contribution in [3.8, 4) is 0 Å². The van der Waals surface area contributed by atoms with Gasteiger partial charge in [-0.3, -0.25) is 4.84 Å². The molecule has 0 radical (unpaired) electrons. The van der Waals surface area contributed by atoms with E-state index in [1.165, 1.54) is 27.4 Å². The van der Waals surface area contributed by atoms with Crippen LogP contribution in [0.3, 0.4) is 0 Å². The van der Waals surface area contributed by atoms with E-state index in [-0.39, 0.29) is 0 Å². The van der Waals surface area contributed by atoms with E-state index < -0.39 is 0 Å². The predicted octanol–water partition coefficient (Wildman–Crippen LogP) is 3.35. The molecule has 0 fully saturated rings. The molecule has 0 aromatic heterocycles. The van der Waals surface area contributed by atoms with Crippen LogP contribution in [0.15, 0.2) is 23.5 Å². The summed E-state index contributed by atoms with van der Waals surface area (Å²) in [7, 11) is 1.55. The van der Waals surface area contributed by atoms with E-state index >= 15 is 0 Å². The maximum Gasteiger partial charge on any atom is 0.106 e. The van der Waals surface area contributed by atoms with Crippen LogP contribution in [0.5, 0.6) is 0 Å². The van der Waals surface area contributed by atoms with Gasteiger partial charge in [-0.25, -0.2) is 5.84 Å². The summed E-state index contributed by atoms with van der Waals surface area (Å²) in [5, 5.41) is 4.66. The van der Waals surface area contributed by atoms with Gasteiger partial charge in [0.15, 0.2) is 0 Å². The summed E-state index contributed by atoms with van der Waals surface area (Å²) in [6.45, 7) is 19.1. The van der Waals surface area contributed by atoms with Crippen molar-refractivity contribution in [1.29, 1.82) is 0 Å². The van der Waals surface area contributed by atoms with E-state index in [1.807, 2.05) is 41.3 Å². The number of allylic oxidation sites excluding steroid dienone is 2. The molecule has 6 heteroatoms. The zero-order chi connectivity index (χ0) is 20.6. The van der Waals surface area contributed by atoms with Crippen molar-refractivity contribution in [1.82, 2.24) is 10.5 Å². The Morgan fingerprint density at radius 3 is 1.96 bits per heavy atom. The normalized spacial score (nSPS) is 9.80. The maximum absolute atomic E-state index is 8.00. The van der Waals surface area contributed by atoms with Crippen molar-refractivity contribution in [2.45, 2.75) is 55.0 Å². The Morgan fingerprint density at radius 1 is 1.08 bits per heavy atom. The third-order valence-corrected chi connectivity index (χ3v) is 3.70. The van der Waals surface area contributed by atoms with E-state index in [4.69, 9.17) is 20.3 Å². The molecule has 1 aromatic carbocycles. The van der Waals surface area contributed by atoms with Crippen LogP contribution in [0, 0.1) is 20.8 Å². The summed E-state index contributed by atoms with van der Waals surface area (Å²) < 4.78 is 0. The van der Waals surface area contributed by atoms with Crippen LogP contribution in [0.25, 0.3) is 0 Å². The maximum atomic E-state index is 8.00. The molecule has 0 aliphatic heterocycles. The average Bonchev–Trinajstić information content (AvgIpc) is 2.68. The highest BCUT2D eigenvalue weighted by Crippen LogP contribution is 2.18. The monoisotopic (exact) mass is 353 g/mol. The number of hydrogen-bond acceptors (Lipinski definition) is 6. The van der Waals surface area contributed by atoms with E-state index in [1.54, 1.807) is 7.11 Å². The van der Waals surface area contributed by atoms with Gasteiger partial charge in [-0.05, 0) is 56.9 Å². The third kappa shape index (κ3) is 9.64. The number of nitrogens with two attached hydrogens (primary N) is 1. The van der Waals surface area contributed by atoms with Gasteiger partial charge in [0.25, 0.3) is 0 Å². The summed E-state index contributed by atoms with van der Waals surface area (Å²) in [6.07, 6.45) is 0. The molecular weight excluding hydrogens is 318 g/mol. The highest BCUT2D eigenvalue weighted by atomic mass is 16.7. The summed E-state index contributed by atoms with van der Waals surface area (Å²) >= 11 is 0. The summed E-state index contributed by atoms with van der Waals surface area (Å²) in [4.78, 5) is 21.0. The van der Waals surface area contributed by atoms with Gasteiger partial charge in [0, 0.05) is 12.2 Å². The molecule has 0 aliphatic carbocycles. The lowest BCUT2D eigenvalue weighted by Crippen LogP contribution is -2.30. The highest BCUT2D eigenvalue weighted by Gasteiger charge is 2.07. The van der Waals surface area contributed by atoms with Crippen LogP contribution < -0.4 is 11.2 Å². The summed E-state index contributed by atoms with van der Waals surface area (Å²) in [5.41, 5.74) is 7.17. The van der Waals surface area contributed by atoms with Crippen molar-refractivity contribution in [3.05, 3.63) is 45.8 Å². The van der Waals surface area contributed by atoms with Gasteiger partial charge in [-0.15, -0.1) is 0 Å². The smallest absolute Gasteiger partial charge is 0.106 e. The summed E-state index contributed by atoms with van der Waals surface area (Å²) in [5.74, 6) is 5.68. The van der Waals surface area contributed by atoms with Gasteiger partial charge in [0.1, 0.15) is 13.6 Å². The van der Waals surface area contributed by atoms with Gasteiger partial charge in [0.05, 0.1) is 12.8 Å². The fourth-order valence-corrected chi connectivity index (χ4v) is 1.93. The van der Waals surface area contributed by atoms with Crippen LogP contribution in [0.1, 0.15) is 49.9 Å². The van der Waals surface area contributed by atoms with Crippen molar-refractivity contribution in [2.24, 2.45) is 5.84 Å². The minimum Gasteiger partial charge on any atom is -0.383 e. The summed E-state index contributed by atoms with van der Waals surface area (Å²) in [6, 6.07) is 4.32. The molecule has 144 valence electrons. The number of carbonyl (C=O) groups is 2. The quantitative estimate of drug-likeness (QED) is 0.624. The second kappa shape index (κ2) is 16.7. The molecule has 0 amide bonds.